The average molecular weight is 582 g/mol. The van der Waals surface area contributed by atoms with Crippen molar-refractivity contribution >= 4 is 33.2 Å². The SMILES string of the molecule is CC[C@H]1CCCCN1C[C@@H](O)CN.CC[C@H]1CCCCN1C[C@@H](O)CNS(=O)(=O)c1cccc(Cl)c1Cl. The molecule has 0 spiro atoms. The molecule has 1 aromatic carbocycles. The largest absolute Gasteiger partial charge is 0.390 e. The highest BCUT2D eigenvalue weighted by Crippen LogP contribution is 2.28. The highest BCUT2D eigenvalue weighted by Gasteiger charge is 2.25. The van der Waals surface area contributed by atoms with E-state index in [-0.39, 0.29) is 27.6 Å². The third-order valence-electron chi connectivity index (χ3n) is 7.32. The molecule has 37 heavy (non-hydrogen) atoms. The molecule has 0 saturated carbocycles. The van der Waals surface area contributed by atoms with E-state index < -0.39 is 16.1 Å². The van der Waals surface area contributed by atoms with Crippen LogP contribution >= 0.6 is 23.2 Å². The van der Waals surface area contributed by atoms with E-state index in [9.17, 15) is 18.6 Å². The van der Waals surface area contributed by atoms with E-state index in [4.69, 9.17) is 28.9 Å². The molecule has 0 aliphatic carbocycles. The van der Waals surface area contributed by atoms with Crippen molar-refractivity contribution in [3.05, 3.63) is 28.2 Å². The van der Waals surface area contributed by atoms with Crippen LogP contribution in [0.15, 0.2) is 23.1 Å². The number of piperidine rings is 2. The first-order valence-corrected chi connectivity index (χ1v) is 15.8. The summed E-state index contributed by atoms with van der Waals surface area (Å²) in [5.74, 6) is 0. The van der Waals surface area contributed by atoms with E-state index in [0.717, 1.165) is 38.9 Å². The Bertz CT molecular complexity index is 909. The molecule has 11 heteroatoms. The molecule has 0 radical (unpaired) electrons. The zero-order valence-corrected chi connectivity index (χ0v) is 24.6. The molecular weight excluding hydrogens is 535 g/mol. The number of β-amino-alcohol motifs (C(OH)–C–C–N with tert-alkyl or cyclic N) is 2. The third kappa shape index (κ3) is 10.5. The number of sulfonamides is 1. The van der Waals surface area contributed by atoms with Gasteiger partial charge in [0.2, 0.25) is 10.0 Å². The highest BCUT2D eigenvalue weighted by molar-refractivity contribution is 7.89. The van der Waals surface area contributed by atoms with Gasteiger partial charge in [-0.2, -0.15) is 0 Å². The summed E-state index contributed by atoms with van der Waals surface area (Å²) in [5.41, 5.74) is 5.40. The maximum Gasteiger partial charge on any atom is 0.242 e. The first kappa shape index (κ1) is 32.7. The standard InChI is InChI=1S/C16H24Cl2N2O3S.C10H22N2O/c1-2-12-6-3-4-9-20(12)11-13(21)10-19-24(22,23)15-8-5-7-14(17)16(15)18;1-2-9-5-3-4-6-12(9)8-10(13)7-11/h5,7-8,12-13,19,21H,2-4,6,9-11H2,1H3;9-10,13H,2-8,11H2,1H3/t12-,13-;9-,10-/m00/s1. The lowest BCUT2D eigenvalue weighted by atomic mass is 9.99. The fraction of sp³-hybridized carbons (Fsp3) is 0.769. The lowest BCUT2D eigenvalue weighted by Gasteiger charge is -2.36. The van der Waals surface area contributed by atoms with Crippen LogP contribution < -0.4 is 10.5 Å². The summed E-state index contributed by atoms with van der Waals surface area (Å²) in [6, 6.07) is 5.58. The van der Waals surface area contributed by atoms with Gasteiger partial charge in [-0.15, -0.1) is 0 Å². The quantitative estimate of drug-likeness (QED) is 0.316. The Labute approximate surface area is 233 Å². The second-order valence-electron chi connectivity index (χ2n) is 10.1. The lowest BCUT2D eigenvalue weighted by molar-refractivity contribution is 0.0683. The van der Waals surface area contributed by atoms with Gasteiger partial charge < -0.3 is 15.9 Å². The van der Waals surface area contributed by atoms with E-state index >= 15 is 0 Å². The normalized spacial score (nSPS) is 23.2. The molecule has 3 rings (SSSR count). The zero-order valence-electron chi connectivity index (χ0n) is 22.3. The van der Waals surface area contributed by atoms with Crippen molar-refractivity contribution in [1.82, 2.24) is 14.5 Å². The monoisotopic (exact) mass is 580 g/mol. The summed E-state index contributed by atoms with van der Waals surface area (Å²) in [4.78, 5) is 4.56. The number of rotatable bonds is 11. The van der Waals surface area contributed by atoms with Crippen molar-refractivity contribution in [3.63, 3.8) is 0 Å². The average Bonchev–Trinajstić information content (AvgIpc) is 2.90. The predicted molar refractivity (Wildman–Crippen MR) is 152 cm³/mol. The number of likely N-dealkylation sites (tertiary alicyclic amines) is 2. The van der Waals surface area contributed by atoms with Gasteiger partial charge in [0, 0.05) is 38.3 Å². The molecule has 2 heterocycles. The van der Waals surface area contributed by atoms with Crippen LogP contribution in [-0.4, -0.2) is 92.0 Å². The fourth-order valence-electron chi connectivity index (χ4n) is 5.18. The number of aliphatic hydroxyl groups excluding tert-OH is 2. The number of benzene rings is 1. The topological polar surface area (TPSA) is 119 Å². The minimum absolute atomic E-state index is 0.0109. The van der Waals surface area contributed by atoms with Gasteiger partial charge in [0.05, 0.1) is 22.3 Å². The first-order chi connectivity index (χ1) is 17.6. The van der Waals surface area contributed by atoms with Crippen molar-refractivity contribution in [3.8, 4) is 0 Å². The van der Waals surface area contributed by atoms with Crippen LogP contribution in [-0.2, 0) is 10.0 Å². The minimum atomic E-state index is -3.81. The van der Waals surface area contributed by atoms with E-state index in [1.807, 2.05) is 0 Å². The Balaban J connectivity index is 0.000000312. The van der Waals surface area contributed by atoms with E-state index in [1.54, 1.807) is 0 Å². The number of nitrogens with zero attached hydrogens (tertiary/aromatic N) is 2. The summed E-state index contributed by atoms with van der Waals surface area (Å²) in [6.45, 7) is 7.99. The van der Waals surface area contributed by atoms with Crippen LogP contribution in [0.2, 0.25) is 10.0 Å². The summed E-state index contributed by atoms with van der Waals surface area (Å²) < 4.78 is 27.1. The van der Waals surface area contributed by atoms with Gasteiger partial charge >= 0.3 is 0 Å². The van der Waals surface area contributed by atoms with Crippen molar-refractivity contribution in [2.75, 3.05) is 39.3 Å². The van der Waals surface area contributed by atoms with Crippen LogP contribution in [0.4, 0.5) is 0 Å². The summed E-state index contributed by atoms with van der Waals surface area (Å²) in [6.07, 6.45) is 8.48. The lowest BCUT2D eigenvalue weighted by Crippen LogP contribution is -2.46. The Hall–Kier alpha value is -0.490. The maximum atomic E-state index is 12.3. The van der Waals surface area contributed by atoms with E-state index in [1.165, 1.54) is 50.3 Å². The molecule has 0 aromatic heterocycles. The second-order valence-corrected chi connectivity index (χ2v) is 12.6. The van der Waals surface area contributed by atoms with Crippen LogP contribution in [0.3, 0.4) is 0 Å². The Morgan fingerprint density at radius 1 is 0.973 bits per heavy atom. The van der Waals surface area contributed by atoms with Gasteiger partial charge in [-0.05, 0) is 63.7 Å². The van der Waals surface area contributed by atoms with Gasteiger partial charge in [0.1, 0.15) is 4.90 Å². The van der Waals surface area contributed by atoms with Crippen LogP contribution in [0, 0.1) is 0 Å². The van der Waals surface area contributed by atoms with Crippen LogP contribution in [0.5, 0.6) is 0 Å². The molecule has 4 atom stereocenters. The van der Waals surface area contributed by atoms with Gasteiger partial charge in [0.15, 0.2) is 0 Å². The number of hydrogen-bond donors (Lipinski definition) is 4. The summed E-state index contributed by atoms with van der Waals surface area (Å²) in [7, 11) is -3.81. The first-order valence-electron chi connectivity index (χ1n) is 13.6. The van der Waals surface area contributed by atoms with Crippen LogP contribution in [0.1, 0.15) is 65.2 Å². The van der Waals surface area contributed by atoms with Gasteiger partial charge in [-0.1, -0.05) is 56.0 Å². The van der Waals surface area contributed by atoms with E-state index in [0.29, 0.717) is 25.2 Å². The summed E-state index contributed by atoms with van der Waals surface area (Å²) >= 11 is 11.8. The molecule has 8 nitrogen and oxygen atoms in total. The second kappa shape index (κ2) is 16.6. The van der Waals surface area contributed by atoms with Crippen molar-refractivity contribution in [1.29, 1.82) is 0 Å². The van der Waals surface area contributed by atoms with Gasteiger partial charge in [0.25, 0.3) is 0 Å². The smallest absolute Gasteiger partial charge is 0.242 e. The van der Waals surface area contributed by atoms with Gasteiger partial charge in [-0.25, -0.2) is 13.1 Å². The molecule has 0 unspecified atom stereocenters. The molecule has 1 aromatic rings. The Morgan fingerprint density at radius 2 is 1.51 bits per heavy atom. The van der Waals surface area contributed by atoms with Crippen molar-refractivity contribution in [2.45, 2.75) is 94.4 Å². The predicted octanol–water partition coefficient (Wildman–Crippen LogP) is 3.47. The third-order valence-corrected chi connectivity index (χ3v) is 9.71. The Kier molecular flexibility index (Phi) is 14.7. The maximum absolute atomic E-state index is 12.3. The number of nitrogens with one attached hydrogen (secondary N) is 1. The molecular formula is C26H46Cl2N4O4S. The molecule has 0 amide bonds. The molecule has 5 N–H and O–H groups in total. The highest BCUT2D eigenvalue weighted by atomic mass is 35.5. The molecule has 0 bridgehead atoms. The van der Waals surface area contributed by atoms with Crippen molar-refractivity contribution in [2.24, 2.45) is 5.73 Å². The fourth-order valence-corrected chi connectivity index (χ4v) is 7.01. The molecule has 2 saturated heterocycles. The van der Waals surface area contributed by atoms with Crippen molar-refractivity contribution < 1.29 is 18.6 Å². The zero-order chi connectivity index (χ0) is 27.4. The minimum Gasteiger partial charge on any atom is -0.390 e. The molecule has 214 valence electrons. The van der Waals surface area contributed by atoms with E-state index in [2.05, 4.69) is 28.4 Å². The van der Waals surface area contributed by atoms with Gasteiger partial charge in [-0.3, -0.25) is 9.80 Å². The molecule has 2 fully saturated rings. The number of halogens is 2. The molecule has 2 aliphatic heterocycles. The number of hydrogen-bond acceptors (Lipinski definition) is 7. The number of aliphatic hydroxyl groups is 2. The molecule has 2 aliphatic rings. The Morgan fingerprint density at radius 3 is 2.03 bits per heavy atom. The summed E-state index contributed by atoms with van der Waals surface area (Å²) in [5, 5.41) is 19.8. The van der Waals surface area contributed by atoms with Crippen LogP contribution in [0.25, 0.3) is 0 Å². The number of nitrogens with two attached hydrogens (primary N) is 1.